The van der Waals surface area contributed by atoms with E-state index in [2.05, 4.69) is 5.32 Å². The van der Waals surface area contributed by atoms with Crippen molar-refractivity contribution in [1.29, 1.82) is 0 Å². The number of nitrogens with one attached hydrogen (secondary N) is 1. The highest BCUT2D eigenvalue weighted by atomic mass is 16.6. The average molecular weight is 268 g/mol. The van der Waals surface area contributed by atoms with E-state index in [-0.39, 0.29) is 30.5 Å². The normalized spacial score (nSPS) is 10.3. The summed E-state index contributed by atoms with van der Waals surface area (Å²) in [5, 5.41) is 22.2. The number of nitro benzene ring substituents is 1. The van der Waals surface area contributed by atoms with Crippen LogP contribution in [0.5, 0.6) is 5.75 Å². The molecular weight excluding hydrogens is 252 g/mol. The molecule has 104 valence electrons. The standard InChI is InChI=1S/C12H16N2O5/c1-8(2)19-11-7-9(13-6-5-12(15)16)3-4-10(11)14(17)18/h3-4,7-8,13H,5-6H2,1-2H3,(H,15,16). The van der Waals surface area contributed by atoms with Crippen molar-refractivity contribution in [2.45, 2.75) is 26.4 Å². The molecule has 0 aliphatic carbocycles. The highest BCUT2D eigenvalue weighted by Crippen LogP contribution is 2.30. The molecule has 19 heavy (non-hydrogen) atoms. The lowest BCUT2D eigenvalue weighted by molar-refractivity contribution is -0.386. The molecule has 0 aliphatic heterocycles. The Morgan fingerprint density at radius 2 is 2.21 bits per heavy atom. The van der Waals surface area contributed by atoms with Gasteiger partial charge in [0.1, 0.15) is 0 Å². The van der Waals surface area contributed by atoms with E-state index in [1.54, 1.807) is 13.8 Å². The first-order valence-electron chi connectivity index (χ1n) is 5.81. The van der Waals surface area contributed by atoms with Crippen molar-refractivity contribution in [1.82, 2.24) is 0 Å². The minimum atomic E-state index is -0.909. The van der Waals surface area contributed by atoms with Crippen LogP contribution in [-0.2, 0) is 4.79 Å². The maximum Gasteiger partial charge on any atom is 0.311 e. The topological polar surface area (TPSA) is 102 Å². The SMILES string of the molecule is CC(C)Oc1cc(NCCC(=O)O)ccc1[N+](=O)[O-]. The molecular formula is C12H16N2O5. The van der Waals surface area contributed by atoms with Gasteiger partial charge in [0.25, 0.3) is 0 Å². The summed E-state index contributed by atoms with van der Waals surface area (Å²) in [5.74, 6) is -0.742. The predicted molar refractivity (Wildman–Crippen MR) is 69.6 cm³/mol. The predicted octanol–water partition coefficient (Wildman–Crippen LogP) is 2.27. The van der Waals surface area contributed by atoms with Crippen LogP contribution in [0.2, 0.25) is 0 Å². The molecule has 2 N–H and O–H groups in total. The molecule has 0 radical (unpaired) electrons. The van der Waals surface area contributed by atoms with E-state index in [1.807, 2.05) is 0 Å². The molecule has 1 aromatic carbocycles. The number of carboxylic acids is 1. The Hall–Kier alpha value is -2.31. The summed E-state index contributed by atoms with van der Waals surface area (Å²) < 4.78 is 5.38. The van der Waals surface area contributed by atoms with E-state index in [1.165, 1.54) is 18.2 Å². The van der Waals surface area contributed by atoms with Crippen molar-refractivity contribution >= 4 is 17.3 Å². The summed E-state index contributed by atoms with van der Waals surface area (Å²) in [6.45, 7) is 3.79. The second-order valence-corrected chi connectivity index (χ2v) is 4.18. The number of anilines is 1. The molecule has 0 bridgehead atoms. The van der Waals surface area contributed by atoms with Gasteiger partial charge >= 0.3 is 11.7 Å². The van der Waals surface area contributed by atoms with Gasteiger partial charge in [0.2, 0.25) is 0 Å². The Bertz CT molecular complexity index is 473. The van der Waals surface area contributed by atoms with Crippen LogP contribution in [0.15, 0.2) is 18.2 Å². The Morgan fingerprint density at radius 3 is 2.74 bits per heavy atom. The van der Waals surface area contributed by atoms with Crippen molar-refractivity contribution in [3.05, 3.63) is 28.3 Å². The Labute approximate surface area is 110 Å². The quantitative estimate of drug-likeness (QED) is 0.581. The summed E-state index contributed by atoms with van der Waals surface area (Å²) >= 11 is 0. The maximum absolute atomic E-state index is 10.8. The first-order chi connectivity index (χ1) is 8.90. The van der Waals surface area contributed by atoms with Gasteiger partial charge in [-0.05, 0) is 19.9 Å². The highest BCUT2D eigenvalue weighted by Gasteiger charge is 2.16. The molecule has 0 saturated heterocycles. The Balaban J connectivity index is 2.85. The van der Waals surface area contributed by atoms with E-state index >= 15 is 0 Å². The molecule has 0 heterocycles. The summed E-state index contributed by atoms with van der Waals surface area (Å²) in [6, 6.07) is 4.36. The smallest absolute Gasteiger partial charge is 0.311 e. The molecule has 0 aromatic heterocycles. The lowest BCUT2D eigenvalue weighted by Crippen LogP contribution is -2.10. The fourth-order valence-electron chi connectivity index (χ4n) is 1.44. The van der Waals surface area contributed by atoms with Crippen LogP contribution in [-0.4, -0.2) is 28.6 Å². The van der Waals surface area contributed by atoms with Gasteiger partial charge in [0, 0.05) is 24.4 Å². The second kappa shape index (κ2) is 6.58. The third-order valence-corrected chi connectivity index (χ3v) is 2.19. The monoisotopic (exact) mass is 268 g/mol. The number of benzene rings is 1. The first-order valence-corrected chi connectivity index (χ1v) is 5.81. The van der Waals surface area contributed by atoms with Crippen molar-refractivity contribution in [2.75, 3.05) is 11.9 Å². The number of nitrogens with zero attached hydrogens (tertiary/aromatic N) is 1. The highest BCUT2D eigenvalue weighted by molar-refractivity contribution is 5.67. The minimum Gasteiger partial charge on any atom is -0.484 e. The van der Waals surface area contributed by atoms with E-state index < -0.39 is 10.9 Å². The third-order valence-electron chi connectivity index (χ3n) is 2.19. The number of carbonyl (C=O) groups is 1. The number of rotatable bonds is 7. The average Bonchev–Trinajstić information content (AvgIpc) is 2.27. The summed E-state index contributed by atoms with van der Waals surface area (Å²) in [4.78, 5) is 20.7. The van der Waals surface area contributed by atoms with Crippen LogP contribution in [0.4, 0.5) is 11.4 Å². The van der Waals surface area contributed by atoms with Gasteiger partial charge in [0.05, 0.1) is 17.4 Å². The maximum atomic E-state index is 10.8. The van der Waals surface area contributed by atoms with Gasteiger partial charge in [-0.15, -0.1) is 0 Å². The van der Waals surface area contributed by atoms with Crippen LogP contribution in [0, 0.1) is 10.1 Å². The van der Waals surface area contributed by atoms with Crippen molar-refractivity contribution in [3.63, 3.8) is 0 Å². The summed E-state index contributed by atoms with van der Waals surface area (Å²) in [6.07, 6.45) is -0.217. The van der Waals surface area contributed by atoms with Crippen LogP contribution >= 0.6 is 0 Å². The molecule has 0 aliphatic rings. The number of hydrogen-bond donors (Lipinski definition) is 2. The fourth-order valence-corrected chi connectivity index (χ4v) is 1.44. The van der Waals surface area contributed by atoms with Gasteiger partial charge in [0.15, 0.2) is 5.75 Å². The molecule has 7 nitrogen and oxygen atoms in total. The lowest BCUT2D eigenvalue weighted by Gasteiger charge is -2.12. The second-order valence-electron chi connectivity index (χ2n) is 4.18. The van der Waals surface area contributed by atoms with Gasteiger partial charge in [-0.3, -0.25) is 14.9 Å². The van der Waals surface area contributed by atoms with Crippen molar-refractivity contribution in [3.8, 4) is 5.75 Å². The molecule has 0 saturated carbocycles. The van der Waals surface area contributed by atoms with Gasteiger partial charge < -0.3 is 15.2 Å². The van der Waals surface area contributed by atoms with E-state index in [0.717, 1.165) is 0 Å². The molecule has 0 unspecified atom stereocenters. The molecule has 1 aromatic rings. The van der Waals surface area contributed by atoms with Crippen LogP contribution in [0.3, 0.4) is 0 Å². The van der Waals surface area contributed by atoms with E-state index in [9.17, 15) is 14.9 Å². The zero-order valence-electron chi connectivity index (χ0n) is 10.8. The molecule has 0 atom stereocenters. The van der Waals surface area contributed by atoms with Crippen molar-refractivity contribution in [2.24, 2.45) is 0 Å². The Morgan fingerprint density at radius 1 is 1.53 bits per heavy atom. The number of hydrogen-bond acceptors (Lipinski definition) is 5. The van der Waals surface area contributed by atoms with Gasteiger partial charge in [-0.1, -0.05) is 0 Å². The molecule has 1 rings (SSSR count). The van der Waals surface area contributed by atoms with Gasteiger partial charge in [-0.2, -0.15) is 0 Å². The number of nitro groups is 1. The summed E-state index contributed by atoms with van der Waals surface area (Å²) in [5.41, 5.74) is 0.472. The molecule has 0 fully saturated rings. The largest absolute Gasteiger partial charge is 0.484 e. The van der Waals surface area contributed by atoms with Gasteiger partial charge in [-0.25, -0.2) is 0 Å². The van der Waals surface area contributed by atoms with Crippen molar-refractivity contribution < 1.29 is 19.6 Å². The number of ether oxygens (including phenoxy) is 1. The van der Waals surface area contributed by atoms with E-state index in [4.69, 9.17) is 9.84 Å². The zero-order chi connectivity index (χ0) is 14.4. The first kappa shape index (κ1) is 14.7. The summed E-state index contributed by atoms with van der Waals surface area (Å²) in [7, 11) is 0. The van der Waals surface area contributed by atoms with E-state index in [0.29, 0.717) is 5.69 Å². The van der Waals surface area contributed by atoms with Crippen LogP contribution in [0.1, 0.15) is 20.3 Å². The number of aliphatic carboxylic acids is 1. The van der Waals surface area contributed by atoms with Crippen LogP contribution < -0.4 is 10.1 Å². The minimum absolute atomic E-state index is 0.0304. The fraction of sp³-hybridized carbons (Fsp3) is 0.417. The lowest BCUT2D eigenvalue weighted by atomic mass is 10.2. The molecule has 7 heteroatoms. The zero-order valence-corrected chi connectivity index (χ0v) is 10.8. The third kappa shape index (κ3) is 4.82. The molecule has 0 spiro atoms. The van der Waals surface area contributed by atoms with Crippen LogP contribution in [0.25, 0.3) is 0 Å². The Kier molecular flexibility index (Phi) is 5.11. The number of carboxylic acid groups (broad SMARTS) is 1. The molecule has 0 amide bonds.